The number of sulfonamides is 1. The molecule has 0 fully saturated rings. The molecule has 1 unspecified atom stereocenters. The maximum atomic E-state index is 12.3. The summed E-state index contributed by atoms with van der Waals surface area (Å²) < 4.78 is 32.0. The average Bonchev–Trinajstić information content (AvgIpc) is 2.63. The van der Waals surface area contributed by atoms with Crippen molar-refractivity contribution < 1.29 is 17.9 Å². The Morgan fingerprint density at radius 2 is 1.86 bits per heavy atom. The number of nitrogens with one attached hydrogen (secondary N) is 2. The van der Waals surface area contributed by atoms with Gasteiger partial charge in [-0.3, -0.25) is 4.79 Å². The number of benzene rings is 2. The van der Waals surface area contributed by atoms with Crippen molar-refractivity contribution in [1.29, 1.82) is 0 Å². The summed E-state index contributed by atoms with van der Waals surface area (Å²) in [5, 5.41) is 3.41. The first-order valence-corrected chi connectivity index (χ1v) is 10.5. The smallest absolute Gasteiger partial charge is 0.248 e. The van der Waals surface area contributed by atoms with Gasteiger partial charge in [-0.05, 0) is 48.9 Å². The Hall–Kier alpha value is -1.90. The predicted molar refractivity (Wildman–Crippen MR) is 112 cm³/mol. The lowest BCUT2D eigenvalue weighted by Crippen LogP contribution is -2.35. The van der Waals surface area contributed by atoms with Crippen molar-refractivity contribution in [3.05, 3.63) is 64.1 Å². The minimum Gasteiger partial charge on any atom is -0.383 e. The van der Waals surface area contributed by atoms with Crippen LogP contribution in [0.2, 0.25) is 10.0 Å². The number of methoxy groups -OCH3 is 1. The number of anilines is 1. The van der Waals surface area contributed by atoms with Crippen molar-refractivity contribution in [2.75, 3.05) is 19.0 Å². The standard InChI is InChI=1S/C19H20Cl2N2O4S/c1-13(12-27-2)23-28(25,26)16-9-7-15(8-10-16)22-18(24)11-6-14-4-3-5-17(20)19(14)21/h3-11,13,23H,12H2,1-2H3,(H,22,24). The molecule has 0 aromatic heterocycles. The van der Waals surface area contributed by atoms with Gasteiger partial charge in [-0.2, -0.15) is 0 Å². The van der Waals surface area contributed by atoms with E-state index in [0.29, 0.717) is 21.3 Å². The highest BCUT2D eigenvalue weighted by Gasteiger charge is 2.17. The van der Waals surface area contributed by atoms with E-state index < -0.39 is 15.9 Å². The highest BCUT2D eigenvalue weighted by molar-refractivity contribution is 7.89. The molecule has 1 atom stereocenters. The van der Waals surface area contributed by atoms with Crippen LogP contribution in [-0.4, -0.2) is 34.1 Å². The average molecular weight is 443 g/mol. The van der Waals surface area contributed by atoms with E-state index in [0.717, 1.165) is 0 Å². The number of rotatable bonds is 8. The first kappa shape index (κ1) is 22.4. The molecule has 2 aromatic carbocycles. The third-order valence-electron chi connectivity index (χ3n) is 3.60. The van der Waals surface area contributed by atoms with Crippen LogP contribution in [-0.2, 0) is 19.6 Å². The van der Waals surface area contributed by atoms with E-state index in [-0.39, 0.29) is 17.5 Å². The van der Waals surface area contributed by atoms with Crippen LogP contribution < -0.4 is 10.0 Å². The van der Waals surface area contributed by atoms with Gasteiger partial charge in [0.2, 0.25) is 15.9 Å². The molecule has 0 aliphatic carbocycles. The lowest BCUT2D eigenvalue weighted by molar-refractivity contribution is -0.111. The maximum absolute atomic E-state index is 12.3. The fourth-order valence-electron chi connectivity index (χ4n) is 2.33. The van der Waals surface area contributed by atoms with Crippen molar-refractivity contribution in [3.8, 4) is 0 Å². The Kier molecular flexibility index (Phi) is 8.03. The van der Waals surface area contributed by atoms with Crippen molar-refractivity contribution in [2.24, 2.45) is 0 Å². The van der Waals surface area contributed by atoms with Crippen LogP contribution in [0.25, 0.3) is 6.08 Å². The summed E-state index contributed by atoms with van der Waals surface area (Å²) in [7, 11) is -2.17. The molecule has 2 rings (SSSR count). The summed E-state index contributed by atoms with van der Waals surface area (Å²) in [6.45, 7) is 1.96. The van der Waals surface area contributed by atoms with Gasteiger partial charge >= 0.3 is 0 Å². The number of halogens is 2. The molecule has 0 spiro atoms. The van der Waals surface area contributed by atoms with E-state index >= 15 is 0 Å². The van der Waals surface area contributed by atoms with Crippen LogP contribution in [0, 0.1) is 0 Å². The summed E-state index contributed by atoms with van der Waals surface area (Å²) in [5.41, 5.74) is 1.07. The molecule has 0 heterocycles. The minimum absolute atomic E-state index is 0.0923. The van der Waals surface area contributed by atoms with Gasteiger partial charge in [-0.25, -0.2) is 13.1 Å². The van der Waals surface area contributed by atoms with Gasteiger partial charge < -0.3 is 10.1 Å². The van der Waals surface area contributed by atoms with Gasteiger partial charge in [0.1, 0.15) is 0 Å². The fraction of sp³-hybridized carbons (Fsp3) is 0.211. The summed E-state index contributed by atoms with van der Waals surface area (Å²) in [4.78, 5) is 12.2. The number of hydrogen-bond acceptors (Lipinski definition) is 4. The second kappa shape index (κ2) is 10.0. The lowest BCUT2D eigenvalue weighted by atomic mass is 10.2. The second-order valence-corrected chi connectivity index (χ2v) is 8.47. The molecule has 0 aliphatic rings. The summed E-state index contributed by atoms with van der Waals surface area (Å²) >= 11 is 12.0. The predicted octanol–water partition coefficient (Wildman–Crippen LogP) is 3.96. The molecule has 150 valence electrons. The molecule has 1 amide bonds. The molecular formula is C19H20Cl2N2O4S. The number of carbonyl (C=O) groups excluding carboxylic acids is 1. The molecule has 0 bridgehead atoms. The van der Waals surface area contributed by atoms with Gasteiger partial charge in [0.15, 0.2) is 0 Å². The number of hydrogen-bond donors (Lipinski definition) is 2. The Morgan fingerprint density at radius 3 is 2.50 bits per heavy atom. The van der Waals surface area contributed by atoms with E-state index in [2.05, 4.69) is 10.0 Å². The molecule has 28 heavy (non-hydrogen) atoms. The van der Waals surface area contributed by atoms with E-state index in [1.807, 2.05) is 0 Å². The van der Waals surface area contributed by atoms with Crippen LogP contribution in [0.3, 0.4) is 0 Å². The van der Waals surface area contributed by atoms with Crippen LogP contribution in [0.15, 0.2) is 53.4 Å². The first-order chi connectivity index (χ1) is 13.2. The minimum atomic E-state index is -3.67. The van der Waals surface area contributed by atoms with Gasteiger partial charge in [-0.15, -0.1) is 0 Å². The van der Waals surface area contributed by atoms with Gasteiger partial charge in [0, 0.05) is 24.9 Å². The highest BCUT2D eigenvalue weighted by atomic mass is 35.5. The van der Waals surface area contributed by atoms with Crippen molar-refractivity contribution in [3.63, 3.8) is 0 Å². The monoisotopic (exact) mass is 442 g/mol. The normalized spacial score (nSPS) is 12.9. The zero-order valence-corrected chi connectivity index (χ0v) is 17.6. The fourth-order valence-corrected chi connectivity index (χ4v) is 3.93. The molecule has 9 heteroatoms. The largest absolute Gasteiger partial charge is 0.383 e. The number of amides is 1. The molecule has 0 saturated heterocycles. The first-order valence-electron chi connectivity index (χ1n) is 8.27. The molecule has 0 saturated carbocycles. The van der Waals surface area contributed by atoms with Crippen molar-refractivity contribution in [1.82, 2.24) is 4.72 Å². The molecule has 0 radical (unpaired) electrons. The lowest BCUT2D eigenvalue weighted by Gasteiger charge is -2.13. The number of carbonyl (C=O) groups is 1. The highest BCUT2D eigenvalue weighted by Crippen LogP contribution is 2.26. The quantitative estimate of drug-likeness (QED) is 0.605. The van der Waals surface area contributed by atoms with Crippen LogP contribution in [0.4, 0.5) is 5.69 Å². The van der Waals surface area contributed by atoms with Crippen LogP contribution in [0.1, 0.15) is 12.5 Å². The number of ether oxygens (including phenoxy) is 1. The van der Waals surface area contributed by atoms with E-state index in [4.69, 9.17) is 27.9 Å². The van der Waals surface area contributed by atoms with Crippen LogP contribution >= 0.6 is 23.2 Å². The third-order valence-corrected chi connectivity index (χ3v) is 6.04. The van der Waals surface area contributed by atoms with E-state index in [9.17, 15) is 13.2 Å². The van der Waals surface area contributed by atoms with Gasteiger partial charge in [0.05, 0.1) is 21.5 Å². The molecule has 2 N–H and O–H groups in total. The van der Waals surface area contributed by atoms with Crippen molar-refractivity contribution in [2.45, 2.75) is 17.9 Å². The van der Waals surface area contributed by atoms with Gasteiger partial charge in [0.25, 0.3) is 0 Å². The Balaban J connectivity index is 2.02. The van der Waals surface area contributed by atoms with E-state index in [1.165, 1.54) is 37.5 Å². The van der Waals surface area contributed by atoms with Crippen LogP contribution in [0.5, 0.6) is 0 Å². The zero-order valence-electron chi connectivity index (χ0n) is 15.3. The summed E-state index contributed by atoms with van der Waals surface area (Å²) in [6, 6.07) is 10.6. The molecular weight excluding hydrogens is 423 g/mol. The molecule has 2 aromatic rings. The molecule has 0 aliphatic heterocycles. The SMILES string of the molecule is COCC(C)NS(=O)(=O)c1ccc(NC(=O)C=Cc2cccc(Cl)c2Cl)cc1. The zero-order chi connectivity index (χ0) is 20.7. The van der Waals surface area contributed by atoms with Crippen molar-refractivity contribution >= 4 is 50.9 Å². The Morgan fingerprint density at radius 1 is 1.18 bits per heavy atom. The molecule has 6 nitrogen and oxygen atoms in total. The van der Waals surface area contributed by atoms with Gasteiger partial charge in [-0.1, -0.05) is 35.3 Å². The Labute approximate surface area is 174 Å². The third kappa shape index (κ3) is 6.32. The summed E-state index contributed by atoms with van der Waals surface area (Å²) in [5.74, 6) is -0.390. The van der Waals surface area contributed by atoms with E-state index in [1.54, 1.807) is 31.2 Å². The maximum Gasteiger partial charge on any atom is 0.248 e. The Bertz CT molecular complexity index is 960. The second-order valence-electron chi connectivity index (χ2n) is 5.97. The summed E-state index contributed by atoms with van der Waals surface area (Å²) in [6.07, 6.45) is 2.86. The topological polar surface area (TPSA) is 84.5 Å².